The Bertz CT molecular complexity index is 3520. The summed E-state index contributed by atoms with van der Waals surface area (Å²) >= 11 is 1.65. The van der Waals surface area contributed by atoms with E-state index in [0.717, 1.165) is 71.4 Å². The monoisotopic (exact) mass is 1010 g/mol. The van der Waals surface area contributed by atoms with Crippen molar-refractivity contribution >= 4 is 76.3 Å². The number of nitrogen functional groups attached to an aromatic ring is 4. The van der Waals surface area contributed by atoms with Crippen molar-refractivity contribution in [2.45, 2.75) is 22.6 Å². The van der Waals surface area contributed by atoms with Gasteiger partial charge in [-0.25, -0.2) is 4.98 Å². The van der Waals surface area contributed by atoms with Crippen LogP contribution in [0.1, 0.15) is 11.1 Å². The van der Waals surface area contributed by atoms with Gasteiger partial charge in [0.1, 0.15) is 0 Å². The van der Waals surface area contributed by atoms with E-state index in [1.807, 2.05) is 133 Å². The van der Waals surface area contributed by atoms with Crippen LogP contribution in [0.25, 0.3) is 45.0 Å². The number of carbonyl (C=O) groups is 2. The molecule has 366 valence electrons. The van der Waals surface area contributed by atoms with E-state index < -0.39 is 0 Å². The van der Waals surface area contributed by atoms with Gasteiger partial charge in [0.2, 0.25) is 47.5 Å². The number of anilines is 9. The highest BCUT2D eigenvalue weighted by atomic mass is 32.2. The lowest BCUT2D eigenvalue weighted by atomic mass is 10.0. The summed E-state index contributed by atoms with van der Waals surface area (Å²) in [6.07, 6.45) is 0.136. The number of fused-ring (bicyclic) bond motifs is 2. The smallest absolute Gasteiger partial charge is 0.326 e. The Balaban J connectivity index is 0.925. The maximum Gasteiger partial charge on any atom is 0.326 e. The van der Waals surface area contributed by atoms with Gasteiger partial charge in [0.05, 0.1) is 29.9 Å². The number of nitrogens with one attached hydrogen (secondary N) is 2. The van der Waals surface area contributed by atoms with E-state index in [4.69, 9.17) is 42.6 Å². The van der Waals surface area contributed by atoms with Crippen LogP contribution in [0.5, 0.6) is 11.8 Å². The number of carbonyl (C=O) groups excluding carboxylic acids is 2. The number of amides is 2. The van der Waals surface area contributed by atoms with Crippen LogP contribution in [-0.2, 0) is 22.4 Å². The van der Waals surface area contributed by atoms with Crippen LogP contribution in [0.4, 0.5) is 52.8 Å². The van der Waals surface area contributed by atoms with Gasteiger partial charge in [-0.1, -0.05) is 145 Å². The van der Waals surface area contributed by atoms with Crippen molar-refractivity contribution in [2.75, 3.05) is 38.5 Å². The highest BCUT2D eigenvalue weighted by molar-refractivity contribution is 7.99. The number of hydrogen-bond acceptors (Lipinski definition) is 18. The molecule has 0 fully saturated rings. The molecule has 11 rings (SSSR count). The normalized spacial score (nSPS) is 11.5. The third-order valence-electron chi connectivity index (χ3n) is 11.8. The molecule has 0 spiro atoms. The first-order valence-corrected chi connectivity index (χ1v) is 24.1. The molecular formula is C55H42N16O3S. The number of ether oxygens (including phenoxy) is 1. The molecular weight excluding hydrogens is 965 g/mol. The first-order valence-electron chi connectivity index (χ1n) is 23.3. The molecule has 0 saturated carbocycles. The van der Waals surface area contributed by atoms with Gasteiger partial charge in [0.25, 0.3) is 0 Å². The average Bonchev–Trinajstić information content (AvgIpc) is 3.40. The van der Waals surface area contributed by atoms with Crippen molar-refractivity contribution < 1.29 is 14.3 Å². The second-order valence-corrected chi connectivity index (χ2v) is 18.0. The molecule has 0 saturated heterocycles. The fourth-order valence-corrected chi connectivity index (χ4v) is 9.50. The molecule has 2 amide bonds. The van der Waals surface area contributed by atoms with E-state index in [9.17, 15) is 9.59 Å². The van der Waals surface area contributed by atoms with Crippen molar-refractivity contribution in [3.63, 3.8) is 0 Å². The Kier molecular flexibility index (Phi) is 12.8. The molecule has 10 aromatic rings. The lowest BCUT2D eigenvalue weighted by Gasteiger charge is -2.34. The van der Waals surface area contributed by atoms with E-state index in [2.05, 4.69) is 81.8 Å². The third-order valence-corrected chi connectivity index (χ3v) is 12.8. The maximum atomic E-state index is 12.9. The molecule has 0 aliphatic carbocycles. The molecule has 75 heavy (non-hydrogen) atoms. The van der Waals surface area contributed by atoms with Gasteiger partial charge >= 0.3 is 6.01 Å². The van der Waals surface area contributed by atoms with Gasteiger partial charge < -0.3 is 32.6 Å². The van der Waals surface area contributed by atoms with E-state index in [1.54, 1.807) is 11.8 Å². The van der Waals surface area contributed by atoms with Crippen molar-refractivity contribution in [3.8, 4) is 56.8 Å². The molecule has 20 heteroatoms. The van der Waals surface area contributed by atoms with Crippen LogP contribution in [0.3, 0.4) is 0 Å². The van der Waals surface area contributed by atoms with Gasteiger partial charge in [-0.05, 0) is 69.8 Å². The number of nitrogens with two attached hydrogens (primary N) is 4. The van der Waals surface area contributed by atoms with E-state index >= 15 is 0 Å². The Morgan fingerprint density at radius 1 is 0.427 bits per heavy atom. The molecule has 0 bridgehead atoms. The summed E-state index contributed by atoms with van der Waals surface area (Å²) in [5.41, 5.74) is 32.3. The third kappa shape index (κ3) is 10.7. The molecule has 10 N–H and O–H groups in total. The lowest BCUT2D eigenvalue weighted by molar-refractivity contribution is -0.116. The number of aromatic nitrogens is 9. The number of rotatable bonds is 13. The summed E-state index contributed by atoms with van der Waals surface area (Å²) in [5, 5.41) is 5.27. The predicted molar refractivity (Wildman–Crippen MR) is 289 cm³/mol. The Labute approximate surface area is 432 Å². The summed E-state index contributed by atoms with van der Waals surface area (Å²) < 4.78 is 6.76. The standard InChI is InChI=1S/C55H42N16O3S/c56-49-65-50(57)68-53(67-49)60-45(72)27-31-15-19-33(20-16-31)37-23-25-40-43(29-37)75-44-30-38(34-21-17-32(18-22-34)28-46(73)61-54-69-51(58)66-52(59)70-54)24-26-41(44)71(40)39-13-7-8-14-42(39)74-55-63-47(35-9-3-1-4-10-35)62-48(64-55)36-11-5-2-6-12-36/h1-26,29-30H,27-28H2,(H5,56,57,60,65,67,68,72)(H5,58,59,61,66,69,70,73). The minimum absolute atomic E-state index is 0.0166. The quantitative estimate of drug-likeness (QED) is 0.0627. The molecule has 1 aliphatic rings. The molecule has 19 nitrogen and oxygen atoms in total. The number of hydrogen-bond donors (Lipinski definition) is 6. The highest BCUT2D eigenvalue weighted by Gasteiger charge is 2.29. The molecule has 4 heterocycles. The summed E-state index contributed by atoms with van der Waals surface area (Å²) in [7, 11) is 0. The largest absolute Gasteiger partial charge is 0.422 e. The topological polar surface area (TPSA) is 291 Å². The zero-order chi connectivity index (χ0) is 51.4. The Morgan fingerprint density at radius 2 is 0.840 bits per heavy atom. The van der Waals surface area contributed by atoms with Gasteiger partial charge in [0, 0.05) is 20.9 Å². The summed E-state index contributed by atoms with van der Waals surface area (Å²) in [5.74, 6) is 0.400. The second kappa shape index (κ2) is 20.4. The second-order valence-electron chi connectivity index (χ2n) is 17.0. The summed E-state index contributed by atoms with van der Waals surface area (Å²) in [4.78, 5) is 67.8. The Morgan fingerprint density at radius 3 is 1.29 bits per heavy atom. The van der Waals surface area contributed by atoms with Crippen LogP contribution >= 0.6 is 11.8 Å². The lowest BCUT2D eigenvalue weighted by Crippen LogP contribution is -2.18. The van der Waals surface area contributed by atoms with Crippen molar-refractivity contribution in [1.29, 1.82) is 0 Å². The molecule has 1 aliphatic heterocycles. The summed E-state index contributed by atoms with van der Waals surface area (Å²) in [6.45, 7) is 0. The highest BCUT2D eigenvalue weighted by Crippen LogP contribution is 2.55. The Hall–Kier alpha value is -10.3. The van der Waals surface area contributed by atoms with Gasteiger partial charge in [-0.3, -0.25) is 20.2 Å². The molecule has 7 aromatic carbocycles. The molecule has 3 aromatic heterocycles. The fourth-order valence-electron chi connectivity index (χ4n) is 8.36. The SMILES string of the molecule is Nc1nc(N)nc(NC(=O)Cc2ccc(-c3ccc4c(c3)Sc3cc(-c5ccc(CC(=O)Nc6nc(N)nc(N)n6)cc5)ccc3N4c3ccccc3Oc3nc(-c4ccccc4)nc(-c4ccccc4)n3)cc2)n1. The maximum absolute atomic E-state index is 12.9. The minimum atomic E-state index is -0.336. The van der Waals surface area contributed by atoms with Crippen molar-refractivity contribution in [2.24, 2.45) is 0 Å². The van der Waals surface area contributed by atoms with Crippen molar-refractivity contribution in [3.05, 3.63) is 181 Å². The van der Waals surface area contributed by atoms with E-state index in [0.29, 0.717) is 17.4 Å². The van der Waals surface area contributed by atoms with Crippen LogP contribution in [-0.4, -0.2) is 56.7 Å². The number of nitrogens with zero attached hydrogens (tertiary/aromatic N) is 10. The fraction of sp³-hybridized carbons (Fsp3) is 0.0364. The molecule has 0 unspecified atom stereocenters. The number of para-hydroxylation sites is 2. The van der Waals surface area contributed by atoms with Gasteiger partial charge in [-0.15, -0.1) is 0 Å². The van der Waals surface area contributed by atoms with Gasteiger partial charge in [-0.2, -0.15) is 39.9 Å². The first kappa shape index (κ1) is 47.0. The predicted octanol–water partition coefficient (Wildman–Crippen LogP) is 9.33. The van der Waals surface area contributed by atoms with E-state index in [-0.39, 0.29) is 66.4 Å². The van der Waals surface area contributed by atoms with E-state index in [1.165, 1.54) is 0 Å². The van der Waals surface area contributed by atoms with Crippen molar-refractivity contribution in [1.82, 2.24) is 44.9 Å². The van der Waals surface area contributed by atoms with Crippen LogP contribution in [0, 0.1) is 0 Å². The molecule has 0 radical (unpaired) electrons. The molecule has 0 atom stereocenters. The first-order chi connectivity index (χ1) is 36.5. The van der Waals surface area contributed by atoms with Crippen LogP contribution in [0.2, 0.25) is 0 Å². The number of benzene rings is 7. The van der Waals surface area contributed by atoms with Crippen LogP contribution in [0.15, 0.2) is 180 Å². The average molecular weight is 1010 g/mol. The van der Waals surface area contributed by atoms with Gasteiger partial charge in [0.15, 0.2) is 17.4 Å². The zero-order valence-corrected chi connectivity index (χ0v) is 40.3. The van der Waals surface area contributed by atoms with Crippen LogP contribution < -0.4 is 43.2 Å². The zero-order valence-electron chi connectivity index (χ0n) is 39.5. The summed E-state index contributed by atoms with van der Waals surface area (Å²) in [6, 6.07) is 55.6. The minimum Gasteiger partial charge on any atom is -0.422 e.